The van der Waals surface area contributed by atoms with Crippen LogP contribution in [0.5, 0.6) is 0 Å². The molecule has 1 aliphatic rings. The molecule has 0 aliphatic heterocycles. The Balaban J connectivity index is 1.79. The summed E-state index contributed by atoms with van der Waals surface area (Å²) in [6.07, 6.45) is 5.72. The molecule has 84 valence electrons. The number of thiophene rings is 1. The van der Waals surface area contributed by atoms with Gasteiger partial charge in [-0.25, -0.2) is 0 Å². The van der Waals surface area contributed by atoms with E-state index in [1.165, 1.54) is 40.9 Å². The molecule has 1 fully saturated rings. The molecule has 3 heteroatoms. The Morgan fingerprint density at radius 2 is 2.20 bits per heavy atom. The Bertz CT molecular complexity index is 304. The van der Waals surface area contributed by atoms with Crippen molar-refractivity contribution in [1.29, 1.82) is 0 Å². The number of hydrogen-bond donors (Lipinski definition) is 1. The van der Waals surface area contributed by atoms with Crippen LogP contribution in [0.25, 0.3) is 0 Å². The first-order chi connectivity index (χ1) is 7.25. The van der Waals surface area contributed by atoms with E-state index in [0.29, 0.717) is 6.04 Å². The van der Waals surface area contributed by atoms with Crippen LogP contribution in [0, 0.1) is 5.92 Å². The molecule has 1 aliphatic carbocycles. The van der Waals surface area contributed by atoms with E-state index < -0.39 is 0 Å². The maximum atomic E-state index is 3.64. The van der Waals surface area contributed by atoms with Crippen LogP contribution in [0.2, 0.25) is 0 Å². The largest absolute Gasteiger partial charge is 0.309 e. The fourth-order valence-electron chi connectivity index (χ4n) is 2.22. The number of nitrogens with one attached hydrogen (secondary N) is 1. The Morgan fingerprint density at radius 3 is 2.80 bits per heavy atom. The van der Waals surface area contributed by atoms with Crippen molar-refractivity contribution in [1.82, 2.24) is 5.32 Å². The van der Waals surface area contributed by atoms with Gasteiger partial charge in [-0.05, 0) is 60.3 Å². The summed E-state index contributed by atoms with van der Waals surface area (Å²) in [5.41, 5.74) is 0. The molecule has 1 N–H and O–H groups in total. The second kappa shape index (κ2) is 5.46. The average Bonchev–Trinajstić information content (AvgIpc) is 2.84. The first-order valence-corrected chi connectivity index (χ1v) is 7.35. The van der Waals surface area contributed by atoms with E-state index in [1.807, 2.05) is 11.3 Å². The maximum absolute atomic E-state index is 3.64. The Hall–Kier alpha value is 0.140. The molecular weight excluding hydrogens is 270 g/mol. The summed E-state index contributed by atoms with van der Waals surface area (Å²) in [6, 6.07) is 4.84. The van der Waals surface area contributed by atoms with E-state index in [-0.39, 0.29) is 0 Å². The quantitative estimate of drug-likeness (QED) is 0.868. The lowest BCUT2D eigenvalue weighted by atomic mass is 10.1. The molecule has 2 rings (SSSR count). The predicted octanol–water partition coefficient (Wildman–Crippen LogP) is 4.35. The molecule has 0 bridgehead atoms. The SMILES string of the molecule is CC(NCC1CCCC1)c1ccc(Br)s1. The van der Waals surface area contributed by atoms with Crippen LogP contribution in [0.4, 0.5) is 0 Å². The highest BCUT2D eigenvalue weighted by molar-refractivity contribution is 9.11. The molecular formula is C12H18BrNS. The first kappa shape index (κ1) is 11.6. The zero-order chi connectivity index (χ0) is 10.7. The van der Waals surface area contributed by atoms with Gasteiger partial charge in [-0.1, -0.05) is 12.8 Å². The van der Waals surface area contributed by atoms with E-state index in [4.69, 9.17) is 0 Å². The minimum absolute atomic E-state index is 0.502. The van der Waals surface area contributed by atoms with Gasteiger partial charge in [0, 0.05) is 10.9 Å². The molecule has 1 atom stereocenters. The average molecular weight is 288 g/mol. The lowest BCUT2D eigenvalue weighted by molar-refractivity contribution is 0.455. The van der Waals surface area contributed by atoms with Crippen LogP contribution in [0.15, 0.2) is 15.9 Å². The van der Waals surface area contributed by atoms with Crippen molar-refractivity contribution in [3.63, 3.8) is 0 Å². The maximum Gasteiger partial charge on any atom is 0.0701 e. The van der Waals surface area contributed by atoms with Gasteiger partial charge >= 0.3 is 0 Å². The summed E-state index contributed by atoms with van der Waals surface area (Å²) < 4.78 is 1.23. The van der Waals surface area contributed by atoms with Gasteiger partial charge in [0.05, 0.1) is 3.79 Å². The van der Waals surface area contributed by atoms with E-state index in [1.54, 1.807) is 0 Å². The zero-order valence-electron chi connectivity index (χ0n) is 9.13. The van der Waals surface area contributed by atoms with Crippen molar-refractivity contribution in [2.24, 2.45) is 5.92 Å². The first-order valence-electron chi connectivity index (χ1n) is 5.74. The Kier molecular flexibility index (Phi) is 4.23. The van der Waals surface area contributed by atoms with E-state index >= 15 is 0 Å². The predicted molar refractivity (Wildman–Crippen MR) is 70.4 cm³/mol. The summed E-state index contributed by atoms with van der Waals surface area (Å²) in [5.74, 6) is 0.927. The highest BCUT2D eigenvalue weighted by Gasteiger charge is 2.16. The summed E-state index contributed by atoms with van der Waals surface area (Å²) in [5, 5.41) is 3.64. The van der Waals surface area contributed by atoms with Crippen LogP contribution < -0.4 is 5.32 Å². The summed E-state index contributed by atoms with van der Waals surface area (Å²) >= 11 is 5.34. The molecule has 15 heavy (non-hydrogen) atoms. The van der Waals surface area contributed by atoms with Crippen molar-refractivity contribution in [2.45, 2.75) is 38.6 Å². The van der Waals surface area contributed by atoms with Crippen molar-refractivity contribution in [2.75, 3.05) is 6.54 Å². The van der Waals surface area contributed by atoms with Crippen LogP contribution in [-0.4, -0.2) is 6.54 Å². The van der Waals surface area contributed by atoms with Crippen LogP contribution in [-0.2, 0) is 0 Å². The van der Waals surface area contributed by atoms with Gasteiger partial charge in [0.15, 0.2) is 0 Å². The molecule has 0 saturated heterocycles. The van der Waals surface area contributed by atoms with Crippen LogP contribution in [0.3, 0.4) is 0 Å². The number of hydrogen-bond acceptors (Lipinski definition) is 2. The minimum atomic E-state index is 0.502. The monoisotopic (exact) mass is 287 g/mol. The summed E-state index contributed by atoms with van der Waals surface area (Å²) in [4.78, 5) is 1.43. The highest BCUT2D eigenvalue weighted by atomic mass is 79.9. The molecule has 0 radical (unpaired) electrons. The van der Waals surface area contributed by atoms with Gasteiger partial charge in [-0.3, -0.25) is 0 Å². The molecule has 1 aromatic rings. The molecule has 1 heterocycles. The van der Waals surface area contributed by atoms with E-state index in [9.17, 15) is 0 Å². The summed E-state index contributed by atoms with van der Waals surface area (Å²) in [7, 11) is 0. The van der Waals surface area contributed by atoms with Crippen molar-refractivity contribution >= 4 is 27.3 Å². The van der Waals surface area contributed by atoms with Crippen LogP contribution >= 0.6 is 27.3 Å². The lowest BCUT2D eigenvalue weighted by Gasteiger charge is -2.15. The molecule has 1 aromatic heterocycles. The number of rotatable bonds is 4. The fraction of sp³-hybridized carbons (Fsp3) is 0.667. The van der Waals surface area contributed by atoms with Crippen molar-refractivity contribution in [3.8, 4) is 0 Å². The third-order valence-electron chi connectivity index (χ3n) is 3.21. The fourth-order valence-corrected chi connectivity index (χ4v) is 3.67. The summed E-state index contributed by atoms with van der Waals surface area (Å²) in [6.45, 7) is 3.45. The zero-order valence-corrected chi connectivity index (χ0v) is 11.5. The molecule has 1 nitrogen and oxygen atoms in total. The number of halogens is 1. The van der Waals surface area contributed by atoms with E-state index in [0.717, 1.165) is 5.92 Å². The smallest absolute Gasteiger partial charge is 0.0701 e. The Morgan fingerprint density at radius 1 is 1.47 bits per heavy atom. The van der Waals surface area contributed by atoms with Gasteiger partial charge in [0.2, 0.25) is 0 Å². The normalized spacial score (nSPS) is 19.6. The molecule has 1 saturated carbocycles. The third kappa shape index (κ3) is 3.30. The van der Waals surface area contributed by atoms with Crippen molar-refractivity contribution < 1.29 is 0 Å². The second-order valence-corrected chi connectivity index (χ2v) is 6.92. The molecule has 0 aromatic carbocycles. The Labute approximate surface area is 104 Å². The standard InChI is InChI=1S/C12H18BrNS/c1-9(11-6-7-12(13)15-11)14-8-10-4-2-3-5-10/h6-7,9-10,14H,2-5,8H2,1H3. The highest BCUT2D eigenvalue weighted by Crippen LogP contribution is 2.28. The van der Waals surface area contributed by atoms with Gasteiger partial charge in [0.1, 0.15) is 0 Å². The van der Waals surface area contributed by atoms with Gasteiger partial charge < -0.3 is 5.32 Å². The van der Waals surface area contributed by atoms with Crippen molar-refractivity contribution in [3.05, 3.63) is 20.8 Å². The van der Waals surface area contributed by atoms with Gasteiger partial charge in [-0.15, -0.1) is 11.3 Å². The molecule has 1 unspecified atom stereocenters. The minimum Gasteiger partial charge on any atom is -0.309 e. The second-order valence-electron chi connectivity index (χ2n) is 4.42. The molecule has 0 spiro atoms. The van der Waals surface area contributed by atoms with Crippen LogP contribution in [0.1, 0.15) is 43.5 Å². The van der Waals surface area contributed by atoms with Gasteiger partial charge in [0.25, 0.3) is 0 Å². The third-order valence-corrected chi connectivity index (χ3v) is 5.01. The van der Waals surface area contributed by atoms with E-state index in [2.05, 4.69) is 40.3 Å². The molecule has 0 amide bonds. The van der Waals surface area contributed by atoms with Gasteiger partial charge in [-0.2, -0.15) is 0 Å². The topological polar surface area (TPSA) is 12.0 Å². The lowest BCUT2D eigenvalue weighted by Crippen LogP contribution is -2.23.